The van der Waals surface area contributed by atoms with Crippen LogP contribution in [0, 0.1) is 6.92 Å². The van der Waals surface area contributed by atoms with E-state index in [1.165, 1.54) is 0 Å². The van der Waals surface area contributed by atoms with Gasteiger partial charge in [-0.05, 0) is 49.4 Å². The highest BCUT2D eigenvalue weighted by Crippen LogP contribution is 2.21. The van der Waals surface area contributed by atoms with Gasteiger partial charge in [0.1, 0.15) is 0 Å². The van der Waals surface area contributed by atoms with Crippen molar-refractivity contribution in [1.29, 1.82) is 0 Å². The van der Waals surface area contributed by atoms with Crippen LogP contribution in [-0.4, -0.2) is 29.8 Å². The van der Waals surface area contributed by atoms with E-state index in [1.54, 1.807) is 6.07 Å². The van der Waals surface area contributed by atoms with Gasteiger partial charge in [0.25, 0.3) is 5.91 Å². The van der Waals surface area contributed by atoms with Crippen LogP contribution >= 0.6 is 0 Å². The van der Waals surface area contributed by atoms with Gasteiger partial charge in [0.2, 0.25) is 5.91 Å². The lowest BCUT2D eigenvalue weighted by Gasteiger charge is -2.24. The first kappa shape index (κ1) is 18.2. The summed E-state index contributed by atoms with van der Waals surface area (Å²) >= 11 is 0. The summed E-state index contributed by atoms with van der Waals surface area (Å²) < 4.78 is 0. The van der Waals surface area contributed by atoms with Crippen molar-refractivity contribution < 1.29 is 9.59 Å². The molecule has 0 heterocycles. The van der Waals surface area contributed by atoms with E-state index < -0.39 is 5.91 Å². The first-order valence-corrected chi connectivity index (χ1v) is 8.18. The number of primary amides is 1. The van der Waals surface area contributed by atoms with E-state index in [9.17, 15) is 9.59 Å². The smallest absolute Gasteiger partial charge is 0.254 e. The fraction of sp³-hybridized carbons (Fsp3) is 0.556. The van der Waals surface area contributed by atoms with E-state index in [0.717, 1.165) is 43.5 Å². The van der Waals surface area contributed by atoms with Crippen LogP contribution in [0.15, 0.2) is 12.1 Å². The third kappa shape index (κ3) is 4.33. The Morgan fingerprint density at radius 2 is 1.55 bits per heavy atom. The maximum Gasteiger partial charge on any atom is 0.254 e. The quantitative estimate of drug-likeness (QED) is 0.801. The second kappa shape index (κ2) is 8.57. The zero-order chi connectivity index (χ0) is 16.7. The molecule has 1 aromatic carbocycles. The molecule has 0 atom stereocenters. The molecule has 2 amide bonds. The van der Waals surface area contributed by atoms with Gasteiger partial charge in [0, 0.05) is 24.2 Å². The van der Waals surface area contributed by atoms with Crippen LogP contribution in [0.2, 0.25) is 0 Å². The highest BCUT2D eigenvalue weighted by atomic mass is 16.2. The van der Waals surface area contributed by atoms with Gasteiger partial charge in [-0.25, -0.2) is 0 Å². The van der Waals surface area contributed by atoms with Crippen LogP contribution < -0.4 is 5.73 Å². The molecule has 0 aliphatic rings. The third-order valence-electron chi connectivity index (χ3n) is 3.66. The Balaban J connectivity index is 3.36. The Morgan fingerprint density at radius 3 is 2.00 bits per heavy atom. The summed E-state index contributed by atoms with van der Waals surface area (Å²) in [7, 11) is 0. The molecule has 0 aromatic heterocycles. The normalized spacial score (nSPS) is 10.5. The maximum atomic E-state index is 12.9. The van der Waals surface area contributed by atoms with Gasteiger partial charge in [0.15, 0.2) is 0 Å². The zero-order valence-corrected chi connectivity index (χ0v) is 14.2. The van der Waals surface area contributed by atoms with Crippen molar-refractivity contribution in [2.75, 3.05) is 13.1 Å². The summed E-state index contributed by atoms with van der Waals surface area (Å²) in [5.41, 5.74) is 8.32. The standard InChI is InChI=1S/C18H28N2O2/c1-5-8-14-15(17(19)21)11-13(4)12-16(14)18(22)20(9-6-2)10-7-3/h11-12H,5-10H2,1-4H3,(H2,19,21). The molecule has 22 heavy (non-hydrogen) atoms. The van der Waals surface area contributed by atoms with Crippen molar-refractivity contribution >= 4 is 11.8 Å². The number of rotatable bonds is 8. The zero-order valence-electron chi connectivity index (χ0n) is 14.2. The molecule has 4 nitrogen and oxygen atoms in total. The largest absolute Gasteiger partial charge is 0.366 e. The van der Waals surface area contributed by atoms with Gasteiger partial charge in [-0.15, -0.1) is 0 Å². The van der Waals surface area contributed by atoms with Crippen LogP contribution in [0.4, 0.5) is 0 Å². The summed E-state index contributed by atoms with van der Waals surface area (Å²) in [6.45, 7) is 9.52. The van der Waals surface area contributed by atoms with Crippen molar-refractivity contribution in [3.63, 3.8) is 0 Å². The maximum absolute atomic E-state index is 12.9. The Labute approximate surface area is 133 Å². The number of nitrogens with two attached hydrogens (primary N) is 1. The lowest BCUT2D eigenvalue weighted by atomic mass is 9.93. The fourth-order valence-corrected chi connectivity index (χ4v) is 2.77. The average Bonchev–Trinajstić information content (AvgIpc) is 2.47. The van der Waals surface area contributed by atoms with Crippen LogP contribution in [0.25, 0.3) is 0 Å². The molecule has 122 valence electrons. The van der Waals surface area contributed by atoms with Gasteiger partial charge in [-0.1, -0.05) is 27.2 Å². The number of hydrogen-bond acceptors (Lipinski definition) is 2. The molecule has 0 bridgehead atoms. The first-order chi connectivity index (χ1) is 10.5. The fourth-order valence-electron chi connectivity index (χ4n) is 2.77. The molecule has 0 saturated heterocycles. The molecule has 0 saturated carbocycles. The van der Waals surface area contributed by atoms with Gasteiger partial charge >= 0.3 is 0 Å². The van der Waals surface area contributed by atoms with Crippen LogP contribution in [0.1, 0.15) is 71.9 Å². The van der Waals surface area contributed by atoms with Crippen LogP contribution in [0.3, 0.4) is 0 Å². The highest BCUT2D eigenvalue weighted by Gasteiger charge is 2.21. The molecule has 1 rings (SSSR count). The van der Waals surface area contributed by atoms with Crippen LogP contribution in [-0.2, 0) is 6.42 Å². The second-order valence-electron chi connectivity index (χ2n) is 5.75. The Morgan fingerprint density at radius 1 is 1.00 bits per heavy atom. The van der Waals surface area contributed by atoms with Gasteiger partial charge < -0.3 is 10.6 Å². The molecule has 0 radical (unpaired) electrons. The molecule has 1 aromatic rings. The molecule has 2 N–H and O–H groups in total. The minimum Gasteiger partial charge on any atom is -0.366 e. The SMILES string of the molecule is CCCc1c(C(N)=O)cc(C)cc1C(=O)N(CCC)CCC. The number of hydrogen-bond donors (Lipinski definition) is 1. The van der Waals surface area contributed by atoms with E-state index in [2.05, 4.69) is 13.8 Å². The Hall–Kier alpha value is -1.84. The molecule has 0 fully saturated rings. The van der Waals surface area contributed by atoms with E-state index >= 15 is 0 Å². The van der Waals surface area contributed by atoms with Crippen LogP contribution in [0.5, 0.6) is 0 Å². The molecule has 0 aliphatic heterocycles. The molecule has 0 spiro atoms. The predicted molar refractivity (Wildman–Crippen MR) is 90.2 cm³/mol. The molecule has 0 unspecified atom stereocenters. The second-order valence-corrected chi connectivity index (χ2v) is 5.75. The molecule has 0 aliphatic carbocycles. The minimum absolute atomic E-state index is 0.0124. The minimum atomic E-state index is -0.460. The van der Waals surface area contributed by atoms with Crippen molar-refractivity contribution in [2.45, 2.75) is 53.4 Å². The van der Waals surface area contributed by atoms with E-state index in [-0.39, 0.29) is 5.91 Å². The summed E-state index contributed by atoms with van der Waals surface area (Å²) in [6, 6.07) is 3.67. The highest BCUT2D eigenvalue weighted by molar-refractivity contribution is 6.02. The molecular weight excluding hydrogens is 276 g/mol. The van der Waals surface area contributed by atoms with Crippen molar-refractivity contribution in [2.24, 2.45) is 5.73 Å². The summed E-state index contributed by atoms with van der Waals surface area (Å²) in [6.07, 6.45) is 3.39. The monoisotopic (exact) mass is 304 g/mol. The Kier molecular flexibility index (Phi) is 7.09. The number of carbonyl (C=O) groups is 2. The summed E-state index contributed by atoms with van der Waals surface area (Å²) in [5, 5.41) is 0. The number of nitrogens with zero attached hydrogens (tertiary/aromatic N) is 1. The molecular formula is C18H28N2O2. The van der Waals surface area contributed by atoms with Crippen molar-refractivity contribution in [1.82, 2.24) is 4.90 Å². The number of benzene rings is 1. The summed E-state index contributed by atoms with van der Waals surface area (Å²) in [4.78, 5) is 26.5. The Bertz CT molecular complexity index is 532. The van der Waals surface area contributed by atoms with Gasteiger partial charge in [-0.3, -0.25) is 9.59 Å². The van der Waals surface area contributed by atoms with E-state index in [4.69, 9.17) is 5.73 Å². The average molecular weight is 304 g/mol. The van der Waals surface area contributed by atoms with Gasteiger partial charge in [0.05, 0.1) is 0 Å². The third-order valence-corrected chi connectivity index (χ3v) is 3.66. The van der Waals surface area contributed by atoms with Gasteiger partial charge in [-0.2, -0.15) is 0 Å². The number of carbonyl (C=O) groups excluding carboxylic acids is 2. The van der Waals surface area contributed by atoms with E-state index in [0.29, 0.717) is 17.5 Å². The van der Waals surface area contributed by atoms with Crippen molar-refractivity contribution in [3.8, 4) is 0 Å². The number of amides is 2. The first-order valence-electron chi connectivity index (χ1n) is 8.18. The lowest BCUT2D eigenvalue weighted by molar-refractivity contribution is 0.0754. The molecule has 4 heteroatoms. The predicted octanol–water partition coefficient (Wildman–Crippen LogP) is 3.31. The summed E-state index contributed by atoms with van der Waals surface area (Å²) in [5.74, 6) is -0.447. The lowest BCUT2D eigenvalue weighted by Crippen LogP contribution is -2.33. The van der Waals surface area contributed by atoms with Crippen molar-refractivity contribution in [3.05, 3.63) is 34.4 Å². The number of aryl methyl sites for hydroxylation is 1. The topological polar surface area (TPSA) is 63.4 Å². The van der Waals surface area contributed by atoms with E-state index in [1.807, 2.05) is 24.8 Å².